The Morgan fingerprint density at radius 3 is 2.77 bits per heavy atom. The molecule has 2 heterocycles. The van der Waals surface area contributed by atoms with E-state index in [1.165, 1.54) is 22.8 Å². The lowest BCUT2D eigenvalue weighted by Gasteiger charge is -2.15. The normalized spacial score (nSPS) is 17.8. The van der Waals surface area contributed by atoms with Crippen molar-refractivity contribution in [1.82, 2.24) is 9.88 Å². The average molecular weight is 321 g/mol. The van der Waals surface area contributed by atoms with Gasteiger partial charge in [0.1, 0.15) is 5.56 Å². The minimum absolute atomic E-state index is 0.163. The summed E-state index contributed by atoms with van der Waals surface area (Å²) in [5.41, 5.74) is -0.732. The summed E-state index contributed by atoms with van der Waals surface area (Å²) in [6.07, 6.45) is 2.64. The molecule has 1 aromatic carbocycles. The molecular formula is C15H13ClN2O4. The second kappa shape index (κ2) is 5.55. The summed E-state index contributed by atoms with van der Waals surface area (Å²) in [7, 11) is 0. The second-order valence-electron chi connectivity index (χ2n) is 5.20. The lowest BCUT2D eigenvalue weighted by Crippen LogP contribution is -2.36. The van der Waals surface area contributed by atoms with Gasteiger partial charge in [0.2, 0.25) is 11.3 Å². The Hall–Kier alpha value is -2.18. The van der Waals surface area contributed by atoms with Crippen LogP contribution in [-0.4, -0.2) is 34.1 Å². The Labute approximate surface area is 130 Å². The van der Waals surface area contributed by atoms with Crippen LogP contribution in [0, 0.1) is 0 Å². The Morgan fingerprint density at radius 1 is 1.36 bits per heavy atom. The summed E-state index contributed by atoms with van der Waals surface area (Å²) in [6.45, 7) is 0.737. The summed E-state index contributed by atoms with van der Waals surface area (Å²) in [5, 5.41) is 12.8. The molecule has 1 aliphatic heterocycles. The largest absolute Gasteiger partial charge is 0.477 e. The first-order valence-electron chi connectivity index (χ1n) is 6.85. The number of carbonyl (C=O) groups excluding carboxylic acids is 1. The molecule has 3 rings (SSSR count). The molecule has 1 atom stereocenters. The van der Waals surface area contributed by atoms with E-state index in [-0.39, 0.29) is 17.3 Å². The Bertz CT molecular complexity index is 837. The third kappa shape index (κ3) is 2.40. The maximum absolute atomic E-state index is 12.6. The summed E-state index contributed by atoms with van der Waals surface area (Å²) in [4.78, 5) is 36.1. The van der Waals surface area contributed by atoms with Gasteiger partial charge in [0, 0.05) is 16.6 Å². The number of aromatic nitrogens is 1. The molecule has 22 heavy (non-hydrogen) atoms. The van der Waals surface area contributed by atoms with E-state index in [1.807, 2.05) is 0 Å². The van der Waals surface area contributed by atoms with Gasteiger partial charge in [-0.25, -0.2) is 4.79 Å². The number of hydrogen-bond acceptors (Lipinski definition) is 4. The van der Waals surface area contributed by atoms with E-state index >= 15 is 0 Å². The van der Waals surface area contributed by atoms with Gasteiger partial charge < -0.3 is 10.4 Å². The zero-order valence-electron chi connectivity index (χ0n) is 11.5. The maximum atomic E-state index is 12.6. The predicted molar refractivity (Wildman–Crippen MR) is 81.8 cm³/mol. The quantitative estimate of drug-likeness (QED) is 0.880. The molecule has 1 aliphatic rings. The highest BCUT2D eigenvalue weighted by Crippen LogP contribution is 2.19. The fourth-order valence-electron chi connectivity index (χ4n) is 2.70. The highest BCUT2D eigenvalue weighted by atomic mass is 35.5. The number of nitrogens with zero attached hydrogens (tertiary/aromatic N) is 1. The molecule has 0 bridgehead atoms. The zero-order chi connectivity index (χ0) is 15.9. The predicted octanol–water partition coefficient (Wildman–Crippen LogP) is 1.75. The van der Waals surface area contributed by atoms with Gasteiger partial charge >= 0.3 is 5.97 Å². The third-order valence-electron chi connectivity index (χ3n) is 3.79. The number of hydrogen-bond donors (Lipinski definition) is 2. The van der Waals surface area contributed by atoms with E-state index in [2.05, 4.69) is 5.32 Å². The molecular weight excluding hydrogens is 308 g/mol. The van der Waals surface area contributed by atoms with Crippen LogP contribution in [-0.2, 0) is 0 Å². The number of nitrogens with one attached hydrogen (secondary N) is 1. The lowest BCUT2D eigenvalue weighted by molar-refractivity contribution is 0.0695. The highest BCUT2D eigenvalue weighted by Gasteiger charge is 2.26. The van der Waals surface area contributed by atoms with Crippen molar-refractivity contribution in [3.63, 3.8) is 0 Å². The molecule has 0 aliphatic carbocycles. The number of halogens is 1. The number of aromatic carboxylic acids is 1. The summed E-state index contributed by atoms with van der Waals surface area (Å²) in [6, 6.07) is 4.06. The van der Waals surface area contributed by atoms with Crippen LogP contribution in [0.1, 0.15) is 28.0 Å². The molecule has 1 aromatic heterocycles. The van der Waals surface area contributed by atoms with Gasteiger partial charge in [-0.05, 0) is 37.6 Å². The zero-order valence-corrected chi connectivity index (χ0v) is 12.3. The van der Waals surface area contributed by atoms with Crippen molar-refractivity contribution in [3.05, 3.63) is 45.2 Å². The van der Waals surface area contributed by atoms with E-state index in [0.717, 1.165) is 19.2 Å². The summed E-state index contributed by atoms with van der Waals surface area (Å²) < 4.78 is 1.22. The van der Waals surface area contributed by atoms with Crippen LogP contribution in [0.2, 0.25) is 5.02 Å². The second-order valence-corrected chi connectivity index (χ2v) is 5.63. The SMILES string of the molecule is O=C(O)c1cn(C(=O)C2CCCN2)c2cc(Cl)ccc2c1=O. The van der Waals surface area contributed by atoms with Crippen LogP contribution < -0.4 is 10.7 Å². The van der Waals surface area contributed by atoms with Gasteiger partial charge in [-0.2, -0.15) is 0 Å². The molecule has 114 valence electrons. The van der Waals surface area contributed by atoms with Crippen LogP contribution in [0.5, 0.6) is 0 Å². The number of carboxylic acid groups (broad SMARTS) is 1. The van der Waals surface area contributed by atoms with Crippen molar-refractivity contribution in [1.29, 1.82) is 0 Å². The summed E-state index contributed by atoms with van der Waals surface area (Å²) >= 11 is 5.95. The minimum Gasteiger partial charge on any atom is -0.477 e. The van der Waals surface area contributed by atoms with Crippen LogP contribution in [0.15, 0.2) is 29.2 Å². The van der Waals surface area contributed by atoms with Gasteiger partial charge in [0.05, 0.1) is 11.6 Å². The highest BCUT2D eigenvalue weighted by molar-refractivity contribution is 6.31. The minimum atomic E-state index is -1.36. The lowest BCUT2D eigenvalue weighted by atomic mass is 10.1. The molecule has 2 aromatic rings. The summed E-state index contributed by atoms with van der Waals surface area (Å²) in [5.74, 6) is -1.64. The topological polar surface area (TPSA) is 88.4 Å². The third-order valence-corrected chi connectivity index (χ3v) is 4.03. The van der Waals surface area contributed by atoms with E-state index in [1.54, 1.807) is 0 Å². The molecule has 0 saturated carbocycles. The van der Waals surface area contributed by atoms with Crippen LogP contribution in [0.4, 0.5) is 0 Å². The maximum Gasteiger partial charge on any atom is 0.341 e. The van der Waals surface area contributed by atoms with Crippen LogP contribution in [0.3, 0.4) is 0 Å². The molecule has 2 N–H and O–H groups in total. The fourth-order valence-corrected chi connectivity index (χ4v) is 2.86. The number of pyridine rings is 1. The van der Waals surface area contributed by atoms with Crippen molar-refractivity contribution in [2.24, 2.45) is 0 Å². The molecule has 0 amide bonds. The Kier molecular flexibility index (Phi) is 3.72. The fraction of sp³-hybridized carbons (Fsp3) is 0.267. The molecule has 7 heteroatoms. The van der Waals surface area contributed by atoms with Gasteiger partial charge in [0.25, 0.3) is 0 Å². The van der Waals surface area contributed by atoms with Gasteiger partial charge in [0.15, 0.2) is 0 Å². The van der Waals surface area contributed by atoms with Crippen molar-refractivity contribution < 1.29 is 14.7 Å². The van der Waals surface area contributed by atoms with E-state index in [4.69, 9.17) is 11.6 Å². The average Bonchev–Trinajstić information content (AvgIpc) is 3.00. The molecule has 1 saturated heterocycles. The monoisotopic (exact) mass is 320 g/mol. The molecule has 0 spiro atoms. The number of benzene rings is 1. The van der Waals surface area contributed by atoms with Gasteiger partial charge in [-0.15, -0.1) is 0 Å². The Balaban J connectivity index is 2.29. The Morgan fingerprint density at radius 2 is 2.14 bits per heavy atom. The molecule has 0 radical (unpaired) electrons. The van der Waals surface area contributed by atoms with Crippen molar-refractivity contribution >= 4 is 34.4 Å². The molecule has 1 fully saturated rings. The van der Waals surface area contributed by atoms with E-state index in [9.17, 15) is 19.5 Å². The van der Waals surface area contributed by atoms with E-state index < -0.39 is 17.0 Å². The number of fused-ring (bicyclic) bond motifs is 1. The van der Waals surface area contributed by atoms with Crippen molar-refractivity contribution in [2.75, 3.05) is 6.54 Å². The number of carbonyl (C=O) groups is 2. The smallest absolute Gasteiger partial charge is 0.341 e. The van der Waals surface area contributed by atoms with Crippen molar-refractivity contribution in [3.8, 4) is 0 Å². The van der Waals surface area contributed by atoms with Gasteiger partial charge in [-0.3, -0.25) is 14.2 Å². The van der Waals surface area contributed by atoms with Crippen LogP contribution >= 0.6 is 11.6 Å². The number of carboxylic acids is 1. The standard InChI is InChI=1S/C15H13ClN2O4/c16-8-3-4-9-12(6-8)18(7-10(13(9)19)15(21)22)14(20)11-2-1-5-17-11/h3-4,6-7,11,17H,1-2,5H2,(H,21,22). The van der Waals surface area contributed by atoms with Crippen molar-refractivity contribution in [2.45, 2.75) is 18.9 Å². The van der Waals surface area contributed by atoms with Gasteiger partial charge in [-0.1, -0.05) is 11.6 Å². The number of rotatable bonds is 2. The first-order valence-corrected chi connectivity index (χ1v) is 7.22. The molecule has 6 nitrogen and oxygen atoms in total. The van der Waals surface area contributed by atoms with Crippen LogP contribution in [0.25, 0.3) is 10.9 Å². The molecule has 1 unspecified atom stereocenters. The first-order chi connectivity index (χ1) is 10.5. The van der Waals surface area contributed by atoms with E-state index in [0.29, 0.717) is 17.0 Å². The first kappa shape index (κ1) is 14.7.